The highest BCUT2D eigenvalue weighted by Gasteiger charge is 2.46. The number of aromatic nitrogens is 2. The molecule has 0 saturated carbocycles. The SMILES string of the molecule is CC1=CCC2C(C1)c1c(O)cc(C(C)(C)CCCCn3ccnc3)cc1OC2(C)C.Cl. The van der Waals surface area contributed by atoms with E-state index in [0.29, 0.717) is 17.6 Å². The van der Waals surface area contributed by atoms with Crippen LogP contribution in [0, 0.1) is 5.92 Å². The zero-order valence-electron chi connectivity index (χ0n) is 19.5. The van der Waals surface area contributed by atoms with Crippen molar-refractivity contribution in [3.63, 3.8) is 0 Å². The fourth-order valence-corrected chi connectivity index (χ4v) is 5.38. The summed E-state index contributed by atoms with van der Waals surface area (Å²) in [5.74, 6) is 2.04. The minimum atomic E-state index is -0.227. The molecular formula is C26H37ClN2O2. The fraction of sp³-hybridized carbons (Fsp3) is 0.577. The van der Waals surface area contributed by atoms with Crippen molar-refractivity contribution < 1.29 is 9.84 Å². The molecule has 2 aliphatic rings. The van der Waals surface area contributed by atoms with Crippen LogP contribution in [-0.2, 0) is 12.0 Å². The van der Waals surface area contributed by atoms with E-state index < -0.39 is 0 Å². The molecule has 1 aromatic heterocycles. The summed E-state index contributed by atoms with van der Waals surface area (Å²) < 4.78 is 8.65. The number of aromatic hydroxyl groups is 1. The van der Waals surface area contributed by atoms with E-state index in [4.69, 9.17) is 4.74 Å². The van der Waals surface area contributed by atoms with Crippen LogP contribution >= 0.6 is 12.4 Å². The highest BCUT2D eigenvalue weighted by atomic mass is 35.5. The Morgan fingerprint density at radius 3 is 2.74 bits per heavy atom. The Bertz CT molecular complexity index is 931. The molecule has 0 saturated heterocycles. The second kappa shape index (κ2) is 8.90. The van der Waals surface area contributed by atoms with Gasteiger partial charge in [-0.3, -0.25) is 0 Å². The summed E-state index contributed by atoms with van der Waals surface area (Å²) >= 11 is 0. The predicted octanol–water partition coefficient (Wildman–Crippen LogP) is 6.77. The molecule has 31 heavy (non-hydrogen) atoms. The number of phenolic OH excluding ortho intramolecular Hbond substituents is 1. The van der Waals surface area contributed by atoms with Crippen molar-refractivity contribution in [2.45, 2.75) is 90.2 Å². The lowest BCUT2D eigenvalue weighted by Crippen LogP contribution is -2.45. The van der Waals surface area contributed by atoms with Crippen molar-refractivity contribution in [1.82, 2.24) is 9.55 Å². The number of hydrogen-bond donors (Lipinski definition) is 1. The molecule has 0 radical (unpaired) electrons. The molecule has 0 spiro atoms. The maximum Gasteiger partial charge on any atom is 0.127 e. The third-order valence-corrected chi connectivity index (χ3v) is 7.31. The standard InChI is InChI=1S/C26H36N2O2.ClH/c1-18-8-9-21-20(14-18)24-22(29)15-19(16-23(24)30-26(21,4)5)25(2,3)10-6-7-12-28-13-11-27-17-28;/h8,11,13,15-17,20-21,29H,6-7,9-10,12,14H2,1-5H3;1H. The first-order valence-corrected chi connectivity index (χ1v) is 11.4. The summed E-state index contributed by atoms with van der Waals surface area (Å²) in [5.41, 5.74) is 3.36. The highest BCUT2D eigenvalue weighted by Crippen LogP contribution is 2.54. The van der Waals surface area contributed by atoms with Crippen molar-refractivity contribution in [2.75, 3.05) is 0 Å². The van der Waals surface area contributed by atoms with Gasteiger partial charge in [0.15, 0.2) is 0 Å². The van der Waals surface area contributed by atoms with Gasteiger partial charge >= 0.3 is 0 Å². The Labute approximate surface area is 193 Å². The summed E-state index contributed by atoms with van der Waals surface area (Å²) in [7, 11) is 0. The van der Waals surface area contributed by atoms with E-state index in [9.17, 15) is 5.11 Å². The van der Waals surface area contributed by atoms with Crippen molar-refractivity contribution in [2.24, 2.45) is 5.92 Å². The molecule has 0 fully saturated rings. The number of halogens is 1. The number of unbranched alkanes of at least 4 members (excludes halogenated alkanes) is 1. The van der Waals surface area contributed by atoms with Crippen molar-refractivity contribution in [3.05, 3.63) is 53.6 Å². The molecule has 1 N–H and O–H groups in total. The lowest BCUT2D eigenvalue weighted by atomic mass is 9.66. The van der Waals surface area contributed by atoms with Crippen LogP contribution in [-0.4, -0.2) is 20.3 Å². The summed E-state index contributed by atoms with van der Waals surface area (Å²) in [6, 6.07) is 4.21. The van der Waals surface area contributed by atoms with E-state index >= 15 is 0 Å². The van der Waals surface area contributed by atoms with Gasteiger partial charge in [-0.15, -0.1) is 12.4 Å². The van der Waals surface area contributed by atoms with Crippen molar-refractivity contribution in [1.29, 1.82) is 0 Å². The number of nitrogens with zero attached hydrogens (tertiary/aromatic N) is 2. The number of hydrogen-bond acceptors (Lipinski definition) is 3. The largest absolute Gasteiger partial charge is 0.508 e. The zero-order valence-corrected chi connectivity index (χ0v) is 20.3. The van der Waals surface area contributed by atoms with Crippen LogP contribution in [0.1, 0.15) is 83.8 Å². The van der Waals surface area contributed by atoms with Crippen LogP contribution in [0.25, 0.3) is 0 Å². The quantitative estimate of drug-likeness (QED) is 0.395. The molecule has 2 atom stereocenters. The third-order valence-electron chi connectivity index (χ3n) is 7.31. The van der Waals surface area contributed by atoms with E-state index in [1.54, 1.807) is 0 Å². The van der Waals surface area contributed by atoms with Crippen LogP contribution in [0.3, 0.4) is 0 Å². The molecular weight excluding hydrogens is 408 g/mol. The van der Waals surface area contributed by atoms with E-state index in [1.165, 1.54) is 11.1 Å². The van der Waals surface area contributed by atoms with Crippen LogP contribution < -0.4 is 4.74 Å². The van der Waals surface area contributed by atoms with Gasteiger partial charge in [-0.25, -0.2) is 4.98 Å². The normalized spacial score (nSPS) is 21.9. The first-order valence-electron chi connectivity index (χ1n) is 11.4. The Morgan fingerprint density at radius 1 is 1.26 bits per heavy atom. The van der Waals surface area contributed by atoms with Gasteiger partial charge in [-0.2, -0.15) is 0 Å². The molecule has 170 valence electrons. The molecule has 1 aliphatic heterocycles. The van der Waals surface area contributed by atoms with E-state index in [1.807, 2.05) is 24.8 Å². The number of ether oxygens (including phenoxy) is 1. The van der Waals surface area contributed by atoms with Gasteiger partial charge in [0.25, 0.3) is 0 Å². The summed E-state index contributed by atoms with van der Waals surface area (Å²) in [6.45, 7) is 12.2. The van der Waals surface area contributed by atoms with Crippen molar-refractivity contribution >= 4 is 12.4 Å². The van der Waals surface area contributed by atoms with Gasteiger partial charge in [0.1, 0.15) is 17.1 Å². The molecule has 4 nitrogen and oxygen atoms in total. The van der Waals surface area contributed by atoms with Crippen LogP contribution in [0.2, 0.25) is 0 Å². The Balaban J connectivity index is 0.00000272. The van der Waals surface area contributed by atoms with Crippen LogP contribution in [0.5, 0.6) is 11.5 Å². The molecule has 2 heterocycles. The molecule has 1 aliphatic carbocycles. The first kappa shape index (κ1) is 23.7. The highest BCUT2D eigenvalue weighted by molar-refractivity contribution is 5.85. The van der Waals surface area contributed by atoms with Crippen molar-refractivity contribution in [3.8, 4) is 11.5 Å². The minimum Gasteiger partial charge on any atom is -0.508 e. The maximum absolute atomic E-state index is 11.1. The monoisotopic (exact) mass is 444 g/mol. The van der Waals surface area contributed by atoms with E-state index in [2.05, 4.69) is 56.3 Å². The number of allylic oxidation sites excluding steroid dienone is 2. The Kier molecular flexibility index (Phi) is 6.81. The number of rotatable bonds is 6. The smallest absolute Gasteiger partial charge is 0.127 e. The summed E-state index contributed by atoms with van der Waals surface area (Å²) in [4.78, 5) is 4.11. The van der Waals surface area contributed by atoms with Crippen LogP contribution in [0.4, 0.5) is 0 Å². The summed E-state index contributed by atoms with van der Waals surface area (Å²) in [6.07, 6.45) is 13.4. The Hall–Kier alpha value is -1.94. The van der Waals surface area contributed by atoms with Gasteiger partial charge in [0.2, 0.25) is 0 Å². The number of phenols is 1. The average molecular weight is 445 g/mol. The lowest BCUT2D eigenvalue weighted by molar-refractivity contribution is 0.00741. The Morgan fingerprint density at radius 2 is 2.03 bits per heavy atom. The van der Waals surface area contributed by atoms with E-state index in [0.717, 1.165) is 50.0 Å². The second-order valence-corrected chi connectivity index (χ2v) is 10.5. The molecule has 1 aromatic carbocycles. The second-order valence-electron chi connectivity index (χ2n) is 10.5. The number of benzene rings is 1. The van der Waals surface area contributed by atoms with Gasteiger partial charge in [-0.1, -0.05) is 31.9 Å². The maximum atomic E-state index is 11.1. The molecule has 2 aromatic rings. The third kappa shape index (κ3) is 4.79. The fourth-order valence-electron chi connectivity index (χ4n) is 5.38. The predicted molar refractivity (Wildman–Crippen MR) is 128 cm³/mol. The van der Waals surface area contributed by atoms with Gasteiger partial charge in [0, 0.05) is 36.3 Å². The van der Waals surface area contributed by atoms with Gasteiger partial charge < -0.3 is 14.4 Å². The van der Waals surface area contributed by atoms with Crippen LogP contribution in [0.15, 0.2) is 42.5 Å². The van der Waals surface area contributed by atoms with E-state index in [-0.39, 0.29) is 23.4 Å². The van der Waals surface area contributed by atoms with Gasteiger partial charge in [0.05, 0.1) is 6.33 Å². The molecule has 5 heteroatoms. The molecule has 2 unspecified atom stereocenters. The number of fused-ring (bicyclic) bond motifs is 3. The first-order chi connectivity index (χ1) is 14.2. The summed E-state index contributed by atoms with van der Waals surface area (Å²) in [5, 5.41) is 11.1. The minimum absolute atomic E-state index is 0. The van der Waals surface area contributed by atoms with Gasteiger partial charge in [-0.05, 0) is 69.6 Å². The number of aryl methyl sites for hydroxylation is 1. The number of imidazole rings is 1. The molecule has 0 amide bonds. The lowest BCUT2D eigenvalue weighted by Gasteiger charge is -2.47. The molecule has 4 rings (SSSR count). The zero-order chi connectivity index (χ0) is 21.5. The average Bonchev–Trinajstić information content (AvgIpc) is 3.17. The molecule has 0 bridgehead atoms. The topological polar surface area (TPSA) is 47.3 Å².